The van der Waals surface area contributed by atoms with Gasteiger partial charge in [0.25, 0.3) is 0 Å². The number of hydrogen-bond acceptors (Lipinski definition) is 2. The van der Waals surface area contributed by atoms with E-state index in [9.17, 15) is 0 Å². The van der Waals surface area contributed by atoms with Crippen LogP contribution in [0.5, 0.6) is 0 Å². The summed E-state index contributed by atoms with van der Waals surface area (Å²) in [6, 6.07) is 10.9. The van der Waals surface area contributed by atoms with E-state index >= 15 is 0 Å². The maximum atomic E-state index is 5.92. The Morgan fingerprint density at radius 2 is 1.89 bits per heavy atom. The molecule has 1 aromatic carbocycles. The lowest BCUT2D eigenvalue weighted by Gasteiger charge is -2.31. The number of nitrogens with two attached hydrogens (primary N) is 1. The van der Waals surface area contributed by atoms with Crippen LogP contribution in [0.3, 0.4) is 0 Å². The van der Waals surface area contributed by atoms with Gasteiger partial charge in [-0.05, 0) is 25.5 Å². The van der Waals surface area contributed by atoms with Gasteiger partial charge in [0.05, 0.1) is 4.99 Å². The second-order valence-electron chi connectivity index (χ2n) is 4.71. The minimum atomic E-state index is 0.148. The van der Waals surface area contributed by atoms with E-state index in [2.05, 4.69) is 37.8 Å². The van der Waals surface area contributed by atoms with Crippen LogP contribution in [-0.4, -0.2) is 29.0 Å². The fourth-order valence-electron chi connectivity index (χ4n) is 2.16. The molecule has 1 rings (SSSR count). The first kappa shape index (κ1) is 15.1. The van der Waals surface area contributed by atoms with E-state index in [0.29, 0.717) is 11.0 Å². The predicted octanol–water partition coefficient (Wildman–Crippen LogP) is 3.18. The van der Waals surface area contributed by atoms with E-state index in [1.807, 2.05) is 18.2 Å². The van der Waals surface area contributed by atoms with Crippen LogP contribution in [0.25, 0.3) is 0 Å². The third kappa shape index (κ3) is 4.07. The highest BCUT2D eigenvalue weighted by molar-refractivity contribution is 7.80. The third-order valence-corrected chi connectivity index (χ3v) is 3.87. The van der Waals surface area contributed by atoms with Crippen LogP contribution in [0.15, 0.2) is 30.3 Å². The molecule has 0 aromatic heterocycles. The molecule has 0 aliphatic carbocycles. The van der Waals surface area contributed by atoms with Crippen molar-refractivity contribution in [1.29, 1.82) is 0 Å². The average molecular weight is 264 g/mol. The summed E-state index contributed by atoms with van der Waals surface area (Å²) < 4.78 is 0. The SMILES string of the molecule is CCC(C)N(CC)CC(C(N)=S)c1ccccc1. The predicted molar refractivity (Wildman–Crippen MR) is 83.0 cm³/mol. The van der Waals surface area contributed by atoms with Gasteiger partial charge < -0.3 is 5.73 Å². The second-order valence-corrected chi connectivity index (χ2v) is 5.18. The summed E-state index contributed by atoms with van der Waals surface area (Å²) in [6.07, 6.45) is 1.15. The molecule has 0 aliphatic heterocycles. The Labute approximate surface area is 116 Å². The number of likely N-dealkylation sites (N-methyl/N-ethyl adjacent to an activating group) is 1. The molecule has 0 radical (unpaired) electrons. The van der Waals surface area contributed by atoms with Crippen molar-refractivity contribution in [2.75, 3.05) is 13.1 Å². The smallest absolute Gasteiger partial charge is 0.0816 e. The Kier molecular flexibility index (Phi) is 6.30. The van der Waals surface area contributed by atoms with Gasteiger partial charge in [0, 0.05) is 18.5 Å². The molecule has 0 amide bonds. The van der Waals surface area contributed by atoms with Crippen LogP contribution < -0.4 is 5.73 Å². The first-order valence-corrected chi connectivity index (χ1v) is 7.09. The number of hydrogen-bond donors (Lipinski definition) is 1. The fraction of sp³-hybridized carbons (Fsp3) is 0.533. The van der Waals surface area contributed by atoms with Crippen LogP contribution >= 0.6 is 12.2 Å². The normalized spacial score (nSPS) is 14.4. The zero-order valence-corrected chi connectivity index (χ0v) is 12.4. The third-order valence-electron chi connectivity index (χ3n) is 3.58. The highest BCUT2D eigenvalue weighted by Crippen LogP contribution is 2.19. The molecule has 2 N–H and O–H groups in total. The van der Waals surface area contributed by atoms with Gasteiger partial charge in [-0.3, -0.25) is 4.90 Å². The van der Waals surface area contributed by atoms with E-state index in [4.69, 9.17) is 18.0 Å². The number of nitrogens with zero attached hydrogens (tertiary/aromatic N) is 1. The summed E-state index contributed by atoms with van der Waals surface area (Å²) in [5.41, 5.74) is 7.13. The zero-order chi connectivity index (χ0) is 13.5. The minimum absolute atomic E-state index is 0.148. The summed E-state index contributed by atoms with van der Waals surface area (Å²) in [6.45, 7) is 8.59. The van der Waals surface area contributed by atoms with Crippen molar-refractivity contribution in [1.82, 2.24) is 4.90 Å². The summed E-state index contributed by atoms with van der Waals surface area (Å²) in [4.78, 5) is 3.03. The van der Waals surface area contributed by atoms with E-state index in [0.717, 1.165) is 19.5 Å². The lowest BCUT2D eigenvalue weighted by Crippen LogP contribution is -2.39. The van der Waals surface area contributed by atoms with Crippen LogP contribution in [0.4, 0.5) is 0 Å². The highest BCUT2D eigenvalue weighted by Gasteiger charge is 2.20. The minimum Gasteiger partial charge on any atom is -0.393 e. The van der Waals surface area contributed by atoms with Crippen molar-refractivity contribution >= 4 is 17.2 Å². The summed E-state index contributed by atoms with van der Waals surface area (Å²) >= 11 is 5.24. The molecule has 1 aromatic rings. The van der Waals surface area contributed by atoms with Crippen molar-refractivity contribution in [3.8, 4) is 0 Å². The Morgan fingerprint density at radius 1 is 1.28 bits per heavy atom. The van der Waals surface area contributed by atoms with Crippen LogP contribution in [0, 0.1) is 0 Å². The van der Waals surface area contributed by atoms with Gasteiger partial charge in [0.1, 0.15) is 0 Å². The number of benzene rings is 1. The van der Waals surface area contributed by atoms with Gasteiger partial charge in [-0.1, -0.05) is 56.4 Å². The average Bonchev–Trinajstić information content (AvgIpc) is 2.39. The first-order chi connectivity index (χ1) is 8.60. The standard InChI is InChI=1S/C15H24N2S/c1-4-12(3)17(5-2)11-14(15(16)18)13-9-7-6-8-10-13/h6-10,12,14H,4-5,11H2,1-3H3,(H2,16,18). The van der Waals surface area contributed by atoms with Crippen molar-refractivity contribution in [2.24, 2.45) is 5.73 Å². The van der Waals surface area contributed by atoms with Crippen LogP contribution in [0.2, 0.25) is 0 Å². The van der Waals surface area contributed by atoms with Gasteiger partial charge >= 0.3 is 0 Å². The van der Waals surface area contributed by atoms with Gasteiger partial charge in [-0.25, -0.2) is 0 Å². The molecule has 0 saturated heterocycles. The zero-order valence-electron chi connectivity index (χ0n) is 11.6. The van der Waals surface area contributed by atoms with E-state index in [1.165, 1.54) is 5.56 Å². The fourth-order valence-corrected chi connectivity index (χ4v) is 2.37. The summed E-state index contributed by atoms with van der Waals surface area (Å²) in [5.74, 6) is 0.148. The maximum Gasteiger partial charge on any atom is 0.0816 e. The molecular weight excluding hydrogens is 240 g/mol. The molecule has 0 spiro atoms. The molecule has 0 aliphatic rings. The molecule has 0 saturated carbocycles. The molecule has 2 unspecified atom stereocenters. The Bertz CT molecular complexity index is 364. The van der Waals surface area contributed by atoms with Gasteiger partial charge in [0.2, 0.25) is 0 Å². The second kappa shape index (κ2) is 7.49. The van der Waals surface area contributed by atoms with Crippen molar-refractivity contribution < 1.29 is 0 Å². The lowest BCUT2D eigenvalue weighted by atomic mass is 9.97. The molecule has 2 atom stereocenters. The molecule has 0 bridgehead atoms. The largest absolute Gasteiger partial charge is 0.393 e. The first-order valence-electron chi connectivity index (χ1n) is 6.68. The molecule has 0 fully saturated rings. The van der Waals surface area contributed by atoms with Gasteiger partial charge in [-0.15, -0.1) is 0 Å². The molecule has 18 heavy (non-hydrogen) atoms. The molecule has 100 valence electrons. The van der Waals surface area contributed by atoms with Crippen molar-refractivity contribution in [3.05, 3.63) is 35.9 Å². The van der Waals surface area contributed by atoms with Crippen LogP contribution in [0.1, 0.15) is 38.7 Å². The molecule has 0 heterocycles. The Hall–Kier alpha value is -0.930. The highest BCUT2D eigenvalue weighted by atomic mass is 32.1. The monoisotopic (exact) mass is 264 g/mol. The number of rotatable bonds is 7. The summed E-state index contributed by atoms with van der Waals surface area (Å²) in [7, 11) is 0. The lowest BCUT2D eigenvalue weighted by molar-refractivity contribution is 0.213. The van der Waals surface area contributed by atoms with Gasteiger partial charge in [0.15, 0.2) is 0 Å². The Morgan fingerprint density at radius 3 is 2.33 bits per heavy atom. The Balaban J connectivity index is 2.84. The van der Waals surface area contributed by atoms with Crippen molar-refractivity contribution in [2.45, 2.75) is 39.2 Å². The molecular formula is C15H24N2S. The van der Waals surface area contributed by atoms with Crippen molar-refractivity contribution in [3.63, 3.8) is 0 Å². The van der Waals surface area contributed by atoms with Gasteiger partial charge in [-0.2, -0.15) is 0 Å². The quantitative estimate of drug-likeness (QED) is 0.767. The summed E-state index contributed by atoms with van der Waals surface area (Å²) in [5, 5.41) is 0. The van der Waals surface area contributed by atoms with E-state index < -0.39 is 0 Å². The number of thiocarbonyl (C=S) groups is 1. The van der Waals surface area contributed by atoms with Crippen LogP contribution in [-0.2, 0) is 0 Å². The molecule has 2 nitrogen and oxygen atoms in total. The van der Waals surface area contributed by atoms with E-state index in [1.54, 1.807) is 0 Å². The maximum absolute atomic E-state index is 5.92. The topological polar surface area (TPSA) is 29.3 Å². The molecule has 3 heteroatoms. The van der Waals surface area contributed by atoms with E-state index in [-0.39, 0.29) is 5.92 Å².